The number of fused-ring (bicyclic) bond motifs is 3. The topological polar surface area (TPSA) is 102 Å². The number of piperazine rings is 1. The number of rotatable bonds is 5. The SMILES string of the molecule is CC[C@@H]1NCCN2c3nc(OC[C@@]45CCCN4CC4(CC4(F)F)C5)nc4c(F)c(-c5c(F)c(N)cc(C)c5C(F)(F)F)nc(c34)O[C@@H](C)[C@H]12. The van der Waals surface area contributed by atoms with Crippen LogP contribution in [0.5, 0.6) is 11.9 Å². The van der Waals surface area contributed by atoms with Gasteiger partial charge in [0.05, 0.1) is 33.8 Å². The zero-order valence-electron chi connectivity index (χ0n) is 27.2. The number of pyridine rings is 1. The van der Waals surface area contributed by atoms with E-state index in [1.54, 1.807) is 6.92 Å². The molecular formula is C33H36F7N7O2. The van der Waals surface area contributed by atoms with E-state index in [0.717, 1.165) is 19.4 Å². The lowest BCUT2D eigenvalue weighted by Crippen LogP contribution is -2.62. The molecular weight excluding hydrogens is 659 g/mol. The van der Waals surface area contributed by atoms with Crippen molar-refractivity contribution in [1.29, 1.82) is 0 Å². The number of halogens is 7. The summed E-state index contributed by atoms with van der Waals surface area (Å²) in [6.07, 6.45) is -3.56. The van der Waals surface area contributed by atoms with Crippen LogP contribution in [0.2, 0.25) is 0 Å². The molecule has 1 spiro atoms. The predicted molar refractivity (Wildman–Crippen MR) is 166 cm³/mol. The highest BCUT2D eigenvalue weighted by Crippen LogP contribution is 2.69. The number of nitrogen functional groups attached to an aromatic ring is 1. The van der Waals surface area contributed by atoms with Crippen molar-refractivity contribution in [2.24, 2.45) is 5.41 Å². The monoisotopic (exact) mass is 695 g/mol. The molecule has 2 aromatic heterocycles. The second-order valence-corrected chi connectivity index (χ2v) is 14.3. The first-order chi connectivity index (χ1) is 23.1. The molecule has 5 aliphatic rings. The molecule has 49 heavy (non-hydrogen) atoms. The lowest BCUT2D eigenvalue weighted by molar-refractivity contribution is -0.137. The van der Waals surface area contributed by atoms with E-state index in [9.17, 15) is 22.0 Å². The fraction of sp³-hybridized carbons (Fsp3) is 0.606. The van der Waals surface area contributed by atoms with Crippen molar-refractivity contribution >= 4 is 22.4 Å². The van der Waals surface area contributed by atoms with Gasteiger partial charge < -0.3 is 25.4 Å². The van der Waals surface area contributed by atoms with Gasteiger partial charge in [-0.15, -0.1) is 0 Å². The Morgan fingerprint density at radius 2 is 1.88 bits per heavy atom. The normalized spacial score (nSPS) is 30.3. The van der Waals surface area contributed by atoms with Crippen LogP contribution in [0.15, 0.2) is 6.07 Å². The Morgan fingerprint density at radius 1 is 1.12 bits per heavy atom. The molecule has 3 N–H and O–H groups in total. The van der Waals surface area contributed by atoms with Crippen LogP contribution in [-0.2, 0) is 6.18 Å². The van der Waals surface area contributed by atoms with Crippen molar-refractivity contribution in [3.05, 3.63) is 28.8 Å². The average Bonchev–Trinajstić information content (AvgIpc) is 3.25. The maximum atomic E-state index is 16.9. The summed E-state index contributed by atoms with van der Waals surface area (Å²) < 4.78 is 117. The minimum atomic E-state index is -5.09. The van der Waals surface area contributed by atoms with Crippen molar-refractivity contribution in [2.45, 2.75) is 88.7 Å². The van der Waals surface area contributed by atoms with Crippen molar-refractivity contribution in [3.63, 3.8) is 0 Å². The zero-order chi connectivity index (χ0) is 34.8. The van der Waals surface area contributed by atoms with Gasteiger partial charge in [0.15, 0.2) is 11.6 Å². The van der Waals surface area contributed by atoms with E-state index < -0.39 is 74.4 Å². The molecule has 1 aromatic carbocycles. The summed E-state index contributed by atoms with van der Waals surface area (Å²) in [5.41, 5.74) is -1.06. The number of ether oxygens (including phenoxy) is 2. The van der Waals surface area contributed by atoms with Crippen molar-refractivity contribution < 1.29 is 40.2 Å². The summed E-state index contributed by atoms with van der Waals surface area (Å²) in [7, 11) is 0. The Kier molecular flexibility index (Phi) is 7.09. The molecule has 1 saturated carbocycles. The molecule has 1 unspecified atom stereocenters. The highest BCUT2D eigenvalue weighted by atomic mass is 19.4. The molecule has 1 aliphatic carbocycles. The lowest BCUT2D eigenvalue weighted by Gasteiger charge is -2.43. The summed E-state index contributed by atoms with van der Waals surface area (Å²) in [6.45, 7) is 6.67. The Bertz CT molecular complexity index is 1880. The molecule has 16 heteroatoms. The van der Waals surface area contributed by atoms with Gasteiger partial charge in [-0.25, -0.2) is 22.5 Å². The van der Waals surface area contributed by atoms with Gasteiger partial charge >= 0.3 is 12.2 Å². The molecule has 0 radical (unpaired) electrons. The quantitative estimate of drug-likeness (QED) is 0.251. The van der Waals surface area contributed by atoms with Gasteiger partial charge in [0.1, 0.15) is 35.1 Å². The Labute approximate surface area is 277 Å². The summed E-state index contributed by atoms with van der Waals surface area (Å²) in [6, 6.07) is 0.0863. The average molecular weight is 696 g/mol. The molecule has 5 atom stereocenters. The van der Waals surface area contributed by atoms with E-state index >= 15 is 8.78 Å². The standard InChI is InChI=1S/C33H36F7N7O2/c1-4-18-26-16(3)49-28-20-25(23(35)24(43-28)19-21(33(38,39)40)15(2)10-17(41)22(19)34)44-29(45-27(20)47(26)9-7-42-18)48-14-31-6-5-8-46(31)13-30(11-31)12-32(30,36)37/h10,16,18,26,42H,4-9,11-14,41H2,1-3H3/t16-,18-,26+,30?,31-/m0/s1. The zero-order valence-corrected chi connectivity index (χ0v) is 27.2. The van der Waals surface area contributed by atoms with Crippen LogP contribution in [0.4, 0.5) is 42.2 Å². The Hall–Kier alpha value is -3.66. The van der Waals surface area contributed by atoms with Gasteiger partial charge in [-0.2, -0.15) is 23.1 Å². The van der Waals surface area contributed by atoms with Gasteiger partial charge in [0.2, 0.25) is 5.88 Å². The molecule has 3 aromatic rings. The van der Waals surface area contributed by atoms with E-state index in [1.165, 1.54) is 0 Å². The van der Waals surface area contributed by atoms with Crippen LogP contribution in [0.3, 0.4) is 0 Å². The van der Waals surface area contributed by atoms with Gasteiger partial charge in [0, 0.05) is 32.1 Å². The number of nitrogens with two attached hydrogens (primary N) is 1. The molecule has 4 fully saturated rings. The number of aromatic nitrogens is 3. The van der Waals surface area contributed by atoms with Crippen molar-refractivity contribution in [1.82, 2.24) is 25.2 Å². The number of hydrogen-bond donors (Lipinski definition) is 2. The molecule has 6 heterocycles. The van der Waals surface area contributed by atoms with E-state index in [0.29, 0.717) is 32.5 Å². The number of aryl methyl sites for hydroxylation is 1. The third kappa shape index (κ3) is 4.75. The molecule has 3 saturated heterocycles. The summed E-state index contributed by atoms with van der Waals surface area (Å²) in [5, 5.41) is 3.46. The maximum absolute atomic E-state index is 16.9. The summed E-state index contributed by atoms with van der Waals surface area (Å²) >= 11 is 0. The molecule has 4 aliphatic heterocycles. The Balaban J connectivity index is 1.31. The smallest absolute Gasteiger partial charge is 0.417 e. The first-order valence-electron chi connectivity index (χ1n) is 16.6. The lowest BCUT2D eigenvalue weighted by atomic mass is 9.89. The minimum absolute atomic E-state index is 0.00685. The highest BCUT2D eigenvalue weighted by Gasteiger charge is 2.77. The first kappa shape index (κ1) is 32.5. The largest absolute Gasteiger partial charge is 0.472 e. The Morgan fingerprint density at radius 3 is 2.57 bits per heavy atom. The number of hydrogen-bond acceptors (Lipinski definition) is 9. The van der Waals surface area contributed by atoms with Crippen LogP contribution in [0.25, 0.3) is 22.2 Å². The van der Waals surface area contributed by atoms with E-state index in [-0.39, 0.29) is 61.2 Å². The summed E-state index contributed by atoms with van der Waals surface area (Å²) in [5.74, 6) is -5.62. The number of anilines is 2. The third-order valence-electron chi connectivity index (χ3n) is 11.3. The van der Waals surface area contributed by atoms with Crippen LogP contribution >= 0.6 is 0 Å². The predicted octanol–water partition coefficient (Wildman–Crippen LogP) is 5.86. The number of nitrogens with one attached hydrogen (secondary N) is 1. The number of alkyl halides is 5. The van der Waals surface area contributed by atoms with E-state index in [2.05, 4.69) is 15.3 Å². The molecule has 0 bridgehead atoms. The third-order valence-corrected chi connectivity index (χ3v) is 11.3. The maximum Gasteiger partial charge on any atom is 0.417 e. The van der Waals surface area contributed by atoms with Crippen LogP contribution in [0, 0.1) is 24.0 Å². The van der Waals surface area contributed by atoms with Crippen molar-refractivity contribution in [3.8, 4) is 23.1 Å². The molecule has 264 valence electrons. The van der Waals surface area contributed by atoms with Crippen LogP contribution < -0.4 is 25.4 Å². The second kappa shape index (κ2) is 10.7. The van der Waals surface area contributed by atoms with Gasteiger partial charge in [-0.05, 0) is 57.7 Å². The highest BCUT2D eigenvalue weighted by molar-refractivity contribution is 5.97. The molecule has 8 rings (SSSR count). The number of benzene rings is 1. The molecule has 0 amide bonds. The van der Waals surface area contributed by atoms with E-state index in [1.807, 2.05) is 16.7 Å². The van der Waals surface area contributed by atoms with Gasteiger partial charge in [-0.3, -0.25) is 4.90 Å². The van der Waals surface area contributed by atoms with Crippen LogP contribution in [-0.4, -0.2) is 82.3 Å². The second-order valence-electron chi connectivity index (χ2n) is 14.3. The fourth-order valence-corrected chi connectivity index (χ4v) is 9.00. The van der Waals surface area contributed by atoms with Gasteiger partial charge in [-0.1, -0.05) is 6.92 Å². The first-order valence-corrected chi connectivity index (χ1v) is 16.6. The minimum Gasteiger partial charge on any atom is -0.472 e. The van der Waals surface area contributed by atoms with Crippen LogP contribution in [0.1, 0.15) is 57.1 Å². The van der Waals surface area contributed by atoms with Gasteiger partial charge in [0.25, 0.3) is 5.92 Å². The van der Waals surface area contributed by atoms with Crippen molar-refractivity contribution in [2.75, 3.05) is 43.4 Å². The fourth-order valence-electron chi connectivity index (χ4n) is 9.00. The van der Waals surface area contributed by atoms with E-state index in [4.69, 9.17) is 20.2 Å². The summed E-state index contributed by atoms with van der Waals surface area (Å²) in [4.78, 5) is 17.3. The molecule has 9 nitrogen and oxygen atoms in total. The number of nitrogens with zero attached hydrogens (tertiary/aromatic N) is 5.